The third-order valence-electron chi connectivity index (χ3n) is 4.03. The van der Waals surface area contributed by atoms with Gasteiger partial charge in [0.25, 0.3) is 0 Å². The Morgan fingerprint density at radius 1 is 0.905 bits per heavy atom. The lowest BCUT2D eigenvalue weighted by Gasteiger charge is -2.12. The Kier molecular flexibility index (Phi) is 5.40. The Hall–Kier alpha value is -1.80. The van der Waals surface area contributed by atoms with Crippen molar-refractivity contribution in [1.82, 2.24) is 5.32 Å². The highest BCUT2D eigenvalue weighted by Gasteiger charge is 2.03. The number of methoxy groups -OCH3 is 1. The molecule has 2 aromatic carbocycles. The molecular weight excluding hydrogens is 258 g/mol. The fraction of sp³-hybridized carbons (Fsp3) is 0.368. The molecule has 112 valence electrons. The van der Waals surface area contributed by atoms with Crippen LogP contribution in [0, 0.1) is 20.8 Å². The van der Waals surface area contributed by atoms with E-state index in [-0.39, 0.29) is 0 Å². The Morgan fingerprint density at radius 2 is 1.62 bits per heavy atom. The molecule has 2 nitrogen and oxygen atoms in total. The lowest BCUT2D eigenvalue weighted by Crippen LogP contribution is -2.17. The Bertz CT molecular complexity index is 605. The largest absolute Gasteiger partial charge is 0.496 e. The van der Waals surface area contributed by atoms with Gasteiger partial charge >= 0.3 is 0 Å². The summed E-state index contributed by atoms with van der Waals surface area (Å²) in [7, 11) is 1.73. The molecule has 2 rings (SSSR count). The van der Waals surface area contributed by atoms with Gasteiger partial charge in [-0.25, -0.2) is 0 Å². The van der Waals surface area contributed by atoms with Crippen molar-refractivity contribution >= 4 is 0 Å². The van der Waals surface area contributed by atoms with Gasteiger partial charge in [-0.15, -0.1) is 0 Å². The summed E-state index contributed by atoms with van der Waals surface area (Å²) in [6.07, 6.45) is 0.980. The zero-order valence-corrected chi connectivity index (χ0v) is 13.5. The molecule has 1 N–H and O–H groups in total. The first kappa shape index (κ1) is 15.6. The van der Waals surface area contributed by atoms with Crippen molar-refractivity contribution in [1.29, 1.82) is 0 Å². The fourth-order valence-corrected chi connectivity index (χ4v) is 2.57. The van der Waals surface area contributed by atoms with Crippen molar-refractivity contribution in [2.24, 2.45) is 0 Å². The molecule has 0 aromatic heterocycles. The van der Waals surface area contributed by atoms with E-state index in [2.05, 4.69) is 50.4 Å². The zero-order chi connectivity index (χ0) is 15.2. The van der Waals surface area contributed by atoms with Crippen LogP contribution in [0.2, 0.25) is 0 Å². The second-order valence-corrected chi connectivity index (χ2v) is 5.60. The Morgan fingerprint density at radius 3 is 2.38 bits per heavy atom. The summed E-state index contributed by atoms with van der Waals surface area (Å²) < 4.78 is 5.38. The van der Waals surface area contributed by atoms with Crippen LogP contribution in [0.15, 0.2) is 36.4 Å². The summed E-state index contributed by atoms with van der Waals surface area (Å²) in [5.41, 5.74) is 6.73. The highest BCUT2D eigenvalue weighted by Crippen LogP contribution is 2.18. The van der Waals surface area contributed by atoms with E-state index in [0.717, 1.165) is 25.3 Å². The van der Waals surface area contributed by atoms with Crippen molar-refractivity contribution in [3.8, 4) is 5.75 Å². The molecule has 0 radical (unpaired) electrons. The van der Waals surface area contributed by atoms with Gasteiger partial charge < -0.3 is 10.1 Å². The van der Waals surface area contributed by atoms with E-state index < -0.39 is 0 Å². The first-order valence-electron chi connectivity index (χ1n) is 7.51. The number of aryl methyl sites for hydroxylation is 3. The van der Waals surface area contributed by atoms with Crippen LogP contribution in [0.25, 0.3) is 0 Å². The summed E-state index contributed by atoms with van der Waals surface area (Å²) in [4.78, 5) is 0. The topological polar surface area (TPSA) is 21.3 Å². The van der Waals surface area contributed by atoms with Crippen molar-refractivity contribution in [3.63, 3.8) is 0 Å². The van der Waals surface area contributed by atoms with Crippen LogP contribution in [0.1, 0.15) is 27.8 Å². The van der Waals surface area contributed by atoms with Crippen molar-refractivity contribution < 1.29 is 4.74 Å². The van der Waals surface area contributed by atoms with Crippen LogP contribution in [0.5, 0.6) is 5.75 Å². The lowest BCUT2D eigenvalue weighted by atomic mass is 10.0. The number of rotatable bonds is 6. The molecule has 21 heavy (non-hydrogen) atoms. The maximum absolute atomic E-state index is 5.38. The van der Waals surface area contributed by atoms with E-state index >= 15 is 0 Å². The van der Waals surface area contributed by atoms with Gasteiger partial charge in [0.05, 0.1) is 7.11 Å². The minimum Gasteiger partial charge on any atom is -0.496 e. The van der Waals surface area contributed by atoms with Gasteiger partial charge in [0.2, 0.25) is 0 Å². The zero-order valence-electron chi connectivity index (χ0n) is 13.5. The number of ether oxygens (including phenoxy) is 1. The molecule has 2 heteroatoms. The highest BCUT2D eigenvalue weighted by molar-refractivity contribution is 5.36. The van der Waals surface area contributed by atoms with Crippen molar-refractivity contribution in [2.75, 3.05) is 13.7 Å². The monoisotopic (exact) mass is 283 g/mol. The molecule has 0 aliphatic carbocycles. The van der Waals surface area contributed by atoms with E-state index in [9.17, 15) is 0 Å². The summed E-state index contributed by atoms with van der Waals surface area (Å²) in [6, 6.07) is 12.8. The summed E-state index contributed by atoms with van der Waals surface area (Å²) in [5, 5.41) is 3.53. The van der Waals surface area contributed by atoms with E-state index in [4.69, 9.17) is 4.74 Å². The molecule has 0 fully saturated rings. The minimum atomic E-state index is 0.919. The summed E-state index contributed by atoms with van der Waals surface area (Å²) in [6.45, 7) is 8.40. The highest BCUT2D eigenvalue weighted by atomic mass is 16.5. The number of para-hydroxylation sites is 1. The molecule has 0 atom stereocenters. The first-order chi connectivity index (χ1) is 10.1. The van der Waals surface area contributed by atoms with Crippen LogP contribution in [-0.4, -0.2) is 13.7 Å². The standard InChI is InChI=1S/C19H25NO/c1-14-11-16(3)18(12-15(14)2)13-20-10-9-17-7-5-6-8-19(17)21-4/h5-8,11-12,20H,9-10,13H2,1-4H3. The molecule has 0 aliphatic heterocycles. The molecule has 0 aliphatic rings. The molecule has 0 saturated carbocycles. The van der Waals surface area contributed by atoms with Crippen molar-refractivity contribution in [3.05, 3.63) is 64.2 Å². The van der Waals surface area contributed by atoms with Gasteiger partial charge in [0.15, 0.2) is 0 Å². The average Bonchev–Trinajstić information content (AvgIpc) is 2.49. The van der Waals surface area contributed by atoms with Crippen LogP contribution in [-0.2, 0) is 13.0 Å². The second kappa shape index (κ2) is 7.28. The first-order valence-corrected chi connectivity index (χ1v) is 7.51. The molecule has 0 amide bonds. The molecule has 0 saturated heterocycles. The number of hydrogen-bond donors (Lipinski definition) is 1. The molecule has 0 bridgehead atoms. The third-order valence-corrected chi connectivity index (χ3v) is 4.03. The normalized spacial score (nSPS) is 10.7. The van der Waals surface area contributed by atoms with Gasteiger partial charge in [-0.05, 0) is 67.6 Å². The SMILES string of the molecule is COc1ccccc1CCNCc1cc(C)c(C)cc1C. The van der Waals surface area contributed by atoms with Gasteiger partial charge in [-0.3, -0.25) is 0 Å². The molecule has 0 heterocycles. The molecule has 0 spiro atoms. The van der Waals surface area contributed by atoms with Crippen LogP contribution in [0.4, 0.5) is 0 Å². The Balaban J connectivity index is 1.89. The number of nitrogens with one attached hydrogen (secondary N) is 1. The lowest BCUT2D eigenvalue weighted by molar-refractivity contribution is 0.409. The van der Waals surface area contributed by atoms with Gasteiger partial charge in [-0.2, -0.15) is 0 Å². The maximum Gasteiger partial charge on any atom is 0.122 e. The van der Waals surface area contributed by atoms with E-state index in [1.54, 1.807) is 7.11 Å². The van der Waals surface area contributed by atoms with Crippen LogP contribution in [0.3, 0.4) is 0 Å². The van der Waals surface area contributed by atoms with Gasteiger partial charge in [-0.1, -0.05) is 30.3 Å². The average molecular weight is 283 g/mol. The summed E-state index contributed by atoms with van der Waals surface area (Å²) in [5.74, 6) is 0.974. The number of benzene rings is 2. The van der Waals surface area contributed by atoms with Crippen LogP contribution < -0.4 is 10.1 Å². The van der Waals surface area contributed by atoms with Crippen LogP contribution >= 0.6 is 0 Å². The molecule has 0 unspecified atom stereocenters. The van der Waals surface area contributed by atoms with Gasteiger partial charge in [0, 0.05) is 6.54 Å². The quantitative estimate of drug-likeness (QED) is 0.810. The maximum atomic E-state index is 5.38. The predicted octanol–water partition coefficient (Wildman–Crippen LogP) is 3.95. The minimum absolute atomic E-state index is 0.919. The smallest absolute Gasteiger partial charge is 0.122 e. The predicted molar refractivity (Wildman–Crippen MR) is 89.1 cm³/mol. The number of hydrogen-bond acceptors (Lipinski definition) is 2. The third kappa shape index (κ3) is 4.08. The van der Waals surface area contributed by atoms with E-state index in [1.807, 2.05) is 12.1 Å². The second-order valence-electron chi connectivity index (χ2n) is 5.60. The Labute approximate surface area is 128 Å². The molecular formula is C19H25NO. The van der Waals surface area contributed by atoms with E-state index in [0.29, 0.717) is 0 Å². The van der Waals surface area contributed by atoms with Crippen molar-refractivity contribution in [2.45, 2.75) is 33.7 Å². The molecule has 2 aromatic rings. The fourth-order valence-electron chi connectivity index (χ4n) is 2.57. The van der Waals surface area contributed by atoms with Gasteiger partial charge in [0.1, 0.15) is 5.75 Å². The van der Waals surface area contributed by atoms with E-state index in [1.165, 1.54) is 27.8 Å². The summed E-state index contributed by atoms with van der Waals surface area (Å²) >= 11 is 0.